The van der Waals surface area contributed by atoms with Gasteiger partial charge >= 0.3 is 0 Å². The SMILES string of the molecule is CCN(Cc1ccc(OC)c(OC)c1)C(=O)CCc1nc(-c2ccccc2)c(-c2ccccc2)o1. The molecule has 0 aliphatic carbocycles. The zero-order chi connectivity index (χ0) is 24.6. The molecule has 0 N–H and O–H groups in total. The Labute approximate surface area is 206 Å². The van der Waals surface area contributed by atoms with E-state index >= 15 is 0 Å². The molecule has 1 heterocycles. The van der Waals surface area contributed by atoms with E-state index in [9.17, 15) is 4.79 Å². The van der Waals surface area contributed by atoms with E-state index in [1.807, 2.05) is 90.7 Å². The number of carbonyl (C=O) groups excluding carboxylic acids is 1. The molecule has 35 heavy (non-hydrogen) atoms. The Balaban J connectivity index is 1.49. The number of benzene rings is 3. The van der Waals surface area contributed by atoms with Gasteiger partial charge in [0, 0.05) is 37.1 Å². The summed E-state index contributed by atoms with van der Waals surface area (Å²) in [4.78, 5) is 19.7. The van der Waals surface area contributed by atoms with Crippen molar-refractivity contribution in [2.45, 2.75) is 26.3 Å². The number of aryl methyl sites for hydroxylation is 1. The molecule has 0 saturated heterocycles. The Morgan fingerprint density at radius 1 is 0.886 bits per heavy atom. The predicted octanol–water partition coefficient (Wildman–Crippen LogP) is 6.01. The fraction of sp³-hybridized carbons (Fsp3) is 0.241. The van der Waals surface area contributed by atoms with E-state index in [0.29, 0.717) is 43.3 Å². The molecule has 6 nitrogen and oxygen atoms in total. The summed E-state index contributed by atoms with van der Waals surface area (Å²) in [5.41, 5.74) is 3.71. The van der Waals surface area contributed by atoms with Crippen molar-refractivity contribution < 1.29 is 18.7 Å². The molecule has 0 radical (unpaired) electrons. The van der Waals surface area contributed by atoms with Crippen LogP contribution in [-0.4, -0.2) is 36.6 Å². The van der Waals surface area contributed by atoms with Gasteiger partial charge in [-0.2, -0.15) is 0 Å². The lowest BCUT2D eigenvalue weighted by atomic mass is 10.1. The maximum absolute atomic E-state index is 13.1. The zero-order valence-electron chi connectivity index (χ0n) is 20.4. The first-order valence-electron chi connectivity index (χ1n) is 11.7. The Bertz CT molecular complexity index is 1200. The third-order valence-electron chi connectivity index (χ3n) is 5.86. The van der Waals surface area contributed by atoms with Crippen LogP contribution < -0.4 is 9.47 Å². The fourth-order valence-electron chi connectivity index (χ4n) is 4.00. The molecule has 6 heteroatoms. The highest BCUT2D eigenvalue weighted by molar-refractivity contribution is 5.78. The van der Waals surface area contributed by atoms with Gasteiger partial charge in [-0.1, -0.05) is 66.7 Å². The topological polar surface area (TPSA) is 64.8 Å². The molecule has 0 aliphatic rings. The number of carbonyl (C=O) groups is 1. The van der Waals surface area contributed by atoms with Crippen LogP contribution in [0.5, 0.6) is 11.5 Å². The number of hydrogen-bond donors (Lipinski definition) is 0. The number of nitrogens with zero attached hydrogens (tertiary/aromatic N) is 2. The molecule has 4 rings (SSSR count). The maximum Gasteiger partial charge on any atom is 0.223 e. The first kappa shape index (κ1) is 24.1. The molecule has 4 aromatic rings. The maximum atomic E-state index is 13.1. The van der Waals surface area contributed by atoms with Crippen molar-refractivity contribution in [2.75, 3.05) is 20.8 Å². The van der Waals surface area contributed by atoms with Gasteiger partial charge in [0.1, 0.15) is 5.69 Å². The molecule has 0 unspecified atom stereocenters. The third kappa shape index (κ3) is 5.72. The van der Waals surface area contributed by atoms with Crippen molar-refractivity contribution in [1.29, 1.82) is 0 Å². The second kappa shape index (κ2) is 11.4. The minimum Gasteiger partial charge on any atom is -0.493 e. The monoisotopic (exact) mass is 470 g/mol. The van der Waals surface area contributed by atoms with Crippen LogP contribution in [0.25, 0.3) is 22.6 Å². The lowest BCUT2D eigenvalue weighted by Gasteiger charge is -2.21. The average Bonchev–Trinajstić information content (AvgIpc) is 3.35. The Kier molecular flexibility index (Phi) is 7.83. The number of rotatable bonds is 10. The van der Waals surface area contributed by atoms with E-state index in [1.165, 1.54) is 0 Å². The number of amides is 1. The van der Waals surface area contributed by atoms with Crippen molar-refractivity contribution in [1.82, 2.24) is 9.88 Å². The van der Waals surface area contributed by atoms with Crippen LogP contribution in [0.3, 0.4) is 0 Å². The minimum atomic E-state index is 0.0445. The summed E-state index contributed by atoms with van der Waals surface area (Å²) in [7, 11) is 3.21. The summed E-state index contributed by atoms with van der Waals surface area (Å²) in [6, 6.07) is 25.6. The smallest absolute Gasteiger partial charge is 0.223 e. The van der Waals surface area contributed by atoms with Gasteiger partial charge in [0.15, 0.2) is 23.1 Å². The van der Waals surface area contributed by atoms with Crippen molar-refractivity contribution in [3.8, 4) is 34.1 Å². The first-order chi connectivity index (χ1) is 17.1. The molecule has 1 aromatic heterocycles. The van der Waals surface area contributed by atoms with E-state index in [4.69, 9.17) is 18.9 Å². The number of ether oxygens (including phenoxy) is 2. The van der Waals surface area contributed by atoms with E-state index < -0.39 is 0 Å². The van der Waals surface area contributed by atoms with Crippen LogP contribution in [0.1, 0.15) is 24.8 Å². The van der Waals surface area contributed by atoms with E-state index in [2.05, 4.69) is 0 Å². The molecule has 0 atom stereocenters. The predicted molar refractivity (Wildman–Crippen MR) is 136 cm³/mol. The Hall–Kier alpha value is -4.06. The summed E-state index contributed by atoms with van der Waals surface area (Å²) in [5.74, 6) is 2.63. The van der Waals surface area contributed by atoms with Gasteiger partial charge in [-0.3, -0.25) is 4.79 Å². The summed E-state index contributed by atoms with van der Waals surface area (Å²) in [6.45, 7) is 3.07. The molecule has 1 amide bonds. The highest BCUT2D eigenvalue weighted by atomic mass is 16.5. The first-order valence-corrected chi connectivity index (χ1v) is 11.7. The lowest BCUT2D eigenvalue weighted by Crippen LogP contribution is -2.30. The average molecular weight is 471 g/mol. The second-order valence-electron chi connectivity index (χ2n) is 8.11. The van der Waals surface area contributed by atoms with Crippen LogP contribution in [0, 0.1) is 0 Å². The zero-order valence-corrected chi connectivity index (χ0v) is 20.4. The van der Waals surface area contributed by atoms with Gasteiger partial charge in [-0.25, -0.2) is 4.98 Å². The molecule has 0 saturated carbocycles. The van der Waals surface area contributed by atoms with Crippen LogP contribution in [0.15, 0.2) is 83.3 Å². The molecular weight excluding hydrogens is 440 g/mol. The second-order valence-corrected chi connectivity index (χ2v) is 8.11. The van der Waals surface area contributed by atoms with Gasteiger partial charge in [-0.15, -0.1) is 0 Å². The van der Waals surface area contributed by atoms with Gasteiger partial charge in [-0.05, 0) is 24.6 Å². The molecule has 180 valence electrons. The highest BCUT2D eigenvalue weighted by Crippen LogP contribution is 2.33. The van der Waals surface area contributed by atoms with E-state index in [-0.39, 0.29) is 5.91 Å². The number of hydrogen-bond acceptors (Lipinski definition) is 5. The van der Waals surface area contributed by atoms with Crippen LogP contribution in [-0.2, 0) is 17.8 Å². The Morgan fingerprint density at radius 3 is 2.17 bits per heavy atom. The number of aromatic nitrogens is 1. The lowest BCUT2D eigenvalue weighted by molar-refractivity contribution is -0.131. The standard InChI is InChI=1S/C29H30N2O4/c1-4-31(20-21-15-16-24(33-2)25(19-21)34-3)27(32)18-17-26-30-28(22-11-7-5-8-12-22)29(35-26)23-13-9-6-10-14-23/h5-16,19H,4,17-18,20H2,1-3H3. The van der Waals surface area contributed by atoms with Crippen molar-refractivity contribution in [2.24, 2.45) is 0 Å². The quantitative estimate of drug-likeness (QED) is 0.284. The van der Waals surface area contributed by atoms with Gasteiger partial charge in [0.2, 0.25) is 5.91 Å². The molecule has 0 fully saturated rings. The molecular formula is C29H30N2O4. The summed E-state index contributed by atoms with van der Waals surface area (Å²) in [6.07, 6.45) is 0.734. The van der Waals surface area contributed by atoms with Gasteiger partial charge in [0.25, 0.3) is 0 Å². The minimum absolute atomic E-state index is 0.0445. The highest BCUT2D eigenvalue weighted by Gasteiger charge is 2.19. The van der Waals surface area contributed by atoms with E-state index in [0.717, 1.165) is 28.1 Å². The normalized spacial score (nSPS) is 10.7. The molecule has 0 spiro atoms. The number of methoxy groups -OCH3 is 2. The van der Waals surface area contributed by atoms with Gasteiger partial charge < -0.3 is 18.8 Å². The third-order valence-corrected chi connectivity index (χ3v) is 5.86. The van der Waals surface area contributed by atoms with E-state index in [1.54, 1.807) is 14.2 Å². The molecule has 0 bridgehead atoms. The fourth-order valence-corrected chi connectivity index (χ4v) is 4.00. The van der Waals surface area contributed by atoms with Crippen LogP contribution in [0.2, 0.25) is 0 Å². The summed E-state index contributed by atoms with van der Waals surface area (Å²) >= 11 is 0. The van der Waals surface area contributed by atoms with Gasteiger partial charge in [0.05, 0.1) is 14.2 Å². The van der Waals surface area contributed by atoms with Crippen LogP contribution in [0.4, 0.5) is 0 Å². The van der Waals surface area contributed by atoms with Crippen molar-refractivity contribution in [3.05, 3.63) is 90.3 Å². The number of oxazole rings is 1. The Morgan fingerprint density at radius 2 is 1.54 bits per heavy atom. The molecule has 3 aromatic carbocycles. The van der Waals surface area contributed by atoms with Crippen molar-refractivity contribution >= 4 is 5.91 Å². The van der Waals surface area contributed by atoms with Crippen molar-refractivity contribution in [3.63, 3.8) is 0 Å². The summed E-state index contributed by atoms with van der Waals surface area (Å²) < 4.78 is 16.9. The molecule has 0 aliphatic heterocycles. The van der Waals surface area contributed by atoms with Crippen LogP contribution >= 0.6 is 0 Å². The largest absolute Gasteiger partial charge is 0.493 e. The summed E-state index contributed by atoms with van der Waals surface area (Å²) in [5, 5.41) is 0.